The lowest BCUT2D eigenvalue weighted by Crippen LogP contribution is -2.49. The van der Waals surface area contributed by atoms with Crippen LogP contribution in [0.5, 0.6) is 0 Å². The largest absolute Gasteiger partial charge is 0.342 e. The zero-order valence-corrected chi connectivity index (χ0v) is 15.8. The van der Waals surface area contributed by atoms with Crippen molar-refractivity contribution in [1.82, 2.24) is 20.0 Å². The van der Waals surface area contributed by atoms with E-state index in [4.69, 9.17) is 0 Å². The number of amides is 1. The number of hydrogen-bond donors (Lipinski definition) is 1. The van der Waals surface area contributed by atoms with Gasteiger partial charge < -0.3 is 10.2 Å². The van der Waals surface area contributed by atoms with Gasteiger partial charge in [-0.05, 0) is 45.4 Å². The van der Waals surface area contributed by atoms with E-state index in [-0.39, 0.29) is 5.91 Å². The molecule has 1 aromatic rings. The molecule has 0 radical (unpaired) electrons. The summed E-state index contributed by atoms with van der Waals surface area (Å²) in [5.74, 6) is 0.788. The Labute approximate surface area is 145 Å². The molecule has 5 heteroatoms. The van der Waals surface area contributed by atoms with Gasteiger partial charge in [0.05, 0.1) is 12.1 Å². The fraction of sp³-hybridized carbons (Fsp3) is 0.789. The molecule has 0 saturated carbocycles. The van der Waals surface area contributed by atoms with E-state index in [0.717, 1.165) is 36.3 Å². The van der Waals surface area contributed by atoms with Gasteiger partial charge in [-0.1, -0.05) is 13.8 Å². The second kappa shape index (κ2) is 6.87. The molecule has 0 aliphatic carbocycles. The maximum atomic E-state index is 12.8. The van der Waals surface area contributed by atoms with Gasteiger partial charge in [0.15, 0.2) is 0 Å². The van der Waals surface area contributed by atoms with Crippen LogP contribution >= 0.6 is 0 Å². The van der Waals surface area contributed by atoms with Crippen LogP contribution in [0.25, 0.3) is 0 Å². The van der Waals surface area contributed by atoms with Gasteiger partial charge in [-0.2, -0.15) is 5.10 Å². The fourth-order valence-corrected chi connectivity index (χ4v) is 4.34. The van der Waals surface area contributed by atoms with E-state index in [1.165, 1.54) is 12.8 Å². The number of fused-ring (bicyclic) bond motifs is 2. The Hall–Kier alpha value is -1.36. The summed E-state index contributed by atoms with van der Waals surface area (Å²) in [5, 5.41) is 8.30. The first-order valence-electron chi connectivity index (χ1n) is 9.39. The number of nitrogens with zero attached hydrogens (tertiary/aromatic N) is 3. The van der Waals surface area contributed by atoms with E-state index in [0.29, 0.717) is 30.5 Å². The number of carbonyl (C=O) groups is 1. The van der Waals surface area contributed by atoms with E-state index in [9.17, 15) is 4.79 Å². The van der Waals surface area contributed by atoms with E-state index in [2.05, 4.69) is 35.9 Å². The van der Waals surface area contributed by atoms with Crippen molar-refractivity contribution >= 4 is 5.91 Å². The molecule has 2 unspecified atom stereocenters. The summed E-state index contributed by atoms with van der Waals surface area (Å²) in [7, 11) is 1.99. The number of aromatic nitrogens is 2. The summed E-state index contributed by atoms with van der Waals surface area (Å²) in [6.07, 6.45) is 5.21. The summed E-state index contributed by atoms with van der Waals surface area (Å²) < 4.78 is 2.06. The highest BCUT2D eigenvalue weighted by Crippen LogP contribution is 2.29. The monoisotopic (exact) mass is 332 g/mol. The Balaban J connectivity index is 1.67. The van der Waals surface area contributed by atoms with Crippen LogP contribution in [0.1, 0.15) is 56.5 Å². The normalized spacial score (nSPS) is 26.2. The molecule has 1 N–H and O–H groups in total. The number of likely N-dealkylation sites (N-methyl/N-ethyl adjacent to an activating group) is 1. The molecule has 134 valence electrons. The Morgan fingerprint density at radius 2 is 1.92 bits per heavy atom. The zero-order valence-electron chi connectivity index (χ0n) is 15.8. The molecule has 2 bridgehead atoms. The zero-order chi connectivity index (χ0) is 17.4. The molecule has 1 amide bonds. The van der Waals surface area contributed by atoms with Crippen molar-refractivity contribution in [2.24, 2.45) is 5.92 Å². The van der Waals surface area contributed by atoms with Gasteiger partial charge in [-0.15, -0.1) is 0 Å². The van der Waals surface area contributed by atoms with Crippen LogP contribution in [0.3, 0.4) is 0 Å². The van der Waals surface area contributed by atoms with Crippen molar-refractivity contribution in [3.63, 3.8) is 0 Å². The van der Waals surface area contributed by atoms with Crippen molar-refractivity contribution in [2.75, 3.05) is 7.05 Å². The van der Waals surface area contributed by atoms with Gasteiger partial charge in [0.25, 0.3) is 0 Å². The van der Waals surface area contributed by atoms with Gasteiger partial charge >= 0.3 is 0 Å². The van der Waals surface area contributed by atoms with Crippen molar-refractivity contribution in [1.29, 1.82) is 0 Å². The summed E-state index contributed by atoms with van der Waals surface area (Å²) in [4.78, 5) is 14.9. The Morgan fingerprint density at radius 3 is 2.50 bits per heavy atom. The second-order valence-electron chi connectivity index (χ2n) is 8.17. The highest BCUT2D eigenvalue weighted by molar-refractivity contribution is 5.79. The van der Waals surface area contributed by atoms with Crippen molar-refractivity contribution in [2.45, 2.75) is 84.5 Å². The van der Waals surface area contributed by atoms with E-state index in [1.807, 2.05) is 18.9 Å². The van der Waals surface area contributed by atoms with Crippen molar-refractivity contribution < 1.29 is 4.79 Å². The second-order valence-corrected chi connectivity index (χ2v) is 8.17. The van der Waals surface area contributed by atoms with Crippen LogP contribution in [-0.4, -0.2) is 45.8 Å². The number of rotatable bonds is 5. The minimum Gasteiger partial charge on any atom is -0.342 e. The molecule has 2 aliphatic rings. The minimum absolute atomic E-state index is 0.233. The third-order valence-corrected chi connectivity index (χ3v) is 5.79. The minimum atomic E-state index is 0.233. The van der Waals surface area contributed by atoms with Crippen LogP contribution in [0.2, 0.25) is 0 Å². The summed E-state index contributed by atoms with van der Waals surface area (Å²) in [6.45, 7) is 9.42. The number of piperidine rings is 1. The summed E-state index contributed by atoms with van der Waals surface area (Å²) in [5.41, 5.74) is 3.26. The quantitative estimate of drug-likeness (QED) is 0.901. The average Bonchev–Trinajstić information content (AvgIpc) is 2.99. The molecule has 2 aliphatic heterocycles. The molecule has 3 rings (SSSR count). The van der Waals surface area contributed by atoms with Crippen LogP contribution in [0, 0.1) is 19.8 Å². The first kappa shape index (κ1) is 17.5. The standard InChI is InChI=1S/C19H32N4O/c1-12(2)11-23-14(4)18(13(3)21-23)10-19(24)22(5)17-8-15-6-7-16(9-17)20-15/h12,15-17,20H,6-11H2,1-5H3. The van der Waals surface area contributed by atoms with Gasteiger partial charge in [0.1, 0.15) is 0 Å². The molecule has 2 saturated heterocycles. The number of carbonyl (C=O) groups excluding carboxylic acids is 1. The number of aryl methyl sites for hydroxylation is 1. The predicted molar refractivity (Wildman–Crippen MR) is 96.0 cm³/mol. The van der Waals surface area contributed by atoms with Crippen molar-refractivity contribution in [3.8, 4) is 0 Å². The lowest BCUT2D eigenvalue weighted by Gasteiger charge is -2.35. The predicted octanol–water partition coefficient (Wildman–Crippen LogP) is 2.44. The molecule has 2 fully saturated rings. The first-order chi connectivity index (χ1) is 11.3. The van der Waals surface area contributed by atoms with Gasteiger partial charge in [0, 0.05) is 43.0 Å². The molecular weight excluding hydrogens is 300 g/mol. The Kier molecular flexibility index (Phi) is 5.00. The van der Waals surface area contributed by atoms with Crippen LogP contribution in [0.4, 0.5) is 0 Å². The average molecular weight is 332 g/mol. The molecule has 3 heterocycles. The van der Waals surface area contributed by atoms with E-state index >= 15 is 0 Å². The smallest absolute Gasteiger partial charge is 0.227 e. The molecule has 0 spiro atoms. The van der Waals surface area contributed by atoms with Crippen LogP contribution in [0.15, 0.2) is 0 Å². The third-order valence-electron chi connectivity index (χ3n) is 5.79. The van der Waals surface area contributed by atoms with Gasteiger partial charge in [-0.25, -0.2) is 0 Å². The maximum absolute atomic E-state index is 12.8. The lowest BCUT2D eigenvalue weighted by molar-refractivity contribution is -0.131. The molecule has 0 aromatic carbocycles. The molecule has 2 atom stereocenters. The summed E-state index contributed by atoms with van der Waals surface area (Å²) in [6, 6.07) is 1.62. The Morgan fingerprint density at radius 1 is 1.29 bits per heavy atom. The summed E-state index contributed by atoms with van der Waals surface area (Å²) >= 11 is 0. The molecular formula is C19H32N4O. The Bertz CT molecular complexity index is 595. The van der Waals surface area contributed by atoms with E-state index < -0.39 is 0 Å². The van der Waals surface area contributed by atoms with Gasteiger partial charge in [-0.3, -0.25) is 9.48 Å². The van der Waals surface area contributed by atoms with E-state index in [1.54, 1.807) is 0 Å². The molecule has 1 aromatic heterocycles. The number of hydrogen-bond acceptors (Lipinski definition) is 3. The maximum Gasteiger partial charge on any atom is 0.227 e. The number of nitrogens with one attached hydrogen (secondary N) is 1. The highest BCUT2D eigenvalue weighted by Gasteiger charge is 2.36. The molecule has 24 heavy (non-hydrogen) atoms. The van der Waals surface area contributed by atoms with Crippen LogP contribution < -0.4 is 5.32 Å². The van der Waals surface area contributed by atoms with Gasteiger partial charge in [0.2, 0.25) is 5.91 Å². The van der Waals surface area contributed by atoms with Crippen LogP contribution in [-0.2, 0) is 17.8 Å². The fourth-order valence-electron chi connectivity index (χ4n) is 4.34. The molecule has 5 nitrogen and oxygen atoms in total. The topological polar surface area (TPSA) is 50.2 Å². The first-order valence-corrected chi connectivity index (χ1v) is 9.39. The SMILES string of the molecule is Cc1nn(CC(C)C)c(C)c1CC(=O)N(C)C1CC2CCC(C1)N2. The lowest BCUT2D eigenvalue weighted by atomic mass is 9.98. The van der Waals surface area contributed by atoms with Crippen molar-refractivity contribution in [3.05, 3.63) is 17.0 Å². The highest BCUT2D eigenvalue weighted by atomic mass is 16.2. The third kappa shape index (κ3) is 3.51.